The fourth-order valence-electron chi connectivity index (χ4n) is 1.55. The largest absolute Gasteiger partial charge is 0.430 e. The maximum atomic E-state index is 11.1. The van der Waals surface area contributed by atoms with Gasteiger partial charge in [0.1, 0.15) is 0 Å². The standard InChI is InChI=1S/C12H7Br3N2O3/c1-6-2-7(13)4-10(17(18)19)11(6)20-12-9(15)3-8(14)5-16-12/h2-5H,1H3. The second kappa shape index (κ2) is 6.19. The van der Waals surface area contributed by atoms with E-state index in [2.05, 4.69) is 52.8 Å². The fraction of sp³-hybridized carbons (Fsp3) is 0.0833. The van der Waals surface area contributed by atoms with Crippen molar-refractivity contribution in [3.8, 4) is 11.6 Å². The van der Waals surface area contributed by atoms with Crippen LogP contribution in [0, 0.1) is 17.0 Å². The molecule has 0 aliphatic carbocycles. The highest BCUT2D eigenvalue weighted by Crippen LogP contribution is 2.38. The smallest absolute Gasteiger partial charge is 0.313 e. The Morgan fingerprint density at radius 1 is 1.20 bits per heavy atom. The SMILES string of the molecule is Cc1cc(Br)cc([N+](=O)[O-])c1Oc1ncc(Br)cc1Br. The van der Waals surface area contributed by atoms with E-state index in [0.29, 0.717) is 14.5 Å². The Morgan fingerprint density at radius 3 is 2.50 bits per heavy atom. The molecule has 2 rings (SSSR count). The van der Waals surface area contributed by atoms with Crippen molar-refractivity contribution in [3.63, 3.8) is 0 Å². The molecule has 0 fully saturated rings. The maximum Gasteiger partial charge on any atom is 0.313 e. The van der Waals surface area contributed by atoms with Gasteiger partial charge in [0, 0.05) is 26.8 Å². The molecule has 0 aliphatic heterocycles. The summed E-state index contributed by atoms with van der Waals surface area (Å²) in [6, 6.07) is 4.90. The molecule has 5 nitrogen and oxygen atoms in total. The van der Waals surface area contributed by atoms with E-state index in [1.807, 2.05) is 0 Å². The average Bonchev–Trinajstić information content (AvgIpc) is 2.34. The summed E-state index contributed by atoms with van der Waals surface area (Å²) in [5.41, 5.74) is 0.524. The topological polar surface area (TPSA) is 65.3 Å². The first-order valence-electron chi connectivity index (χ1n) is 5.32. The third kappa shape index (κ3) is 3.36. The number of hydrogen-bond donors (Lipinski definition) is 0. The number of halogens is 3. The van der Waals surface area contributed by atoms with Gasteiger partial charge in [-0.25, -0.2) is 4.98 Å². The predicted molar refractivity (Wildman–Crippen MR) is 85.2 cm³/mol. The second-order valence-corrected chi connectivity index (χ2v) is 6.56. The van der Waals surface area contributed by atoms with E-state index in [-0.39, 0.29) is 17.3 Å². The summed E-state index contributed by atoms with van der Waals surface area (Å²) in [6.07, 6.45) is 1.56. The van der Waals surface area contributed by atoms with Gasteiger partial charge in [0.2, 0.25) is 11.6 Å². The summed E-state index contributed by atoms with van der Waals surface area (Å²) in [5.74, 6) is 0.440. The highest BCUT2D eigenvalue weighted by Gasteiger charge is 2.21. The fourth-order valence-corrected chi connectivity index (χ4v) is 3.18. The Morgan fingerprint density at radius 2 is 1.90 bits per heavy atom. The summed E-state index contributed by atoms with van der Waals surface area (Å²) in [6.45, 7) is 1.74. The van der Waals surface area contributed by atoms with Crippen LogP contribution in [0.1, 0.15) is 5.56 Å². The van der Waals surface area contributed by atoms with Crippen LogP contribution in [0.25, 0.3) is 0 Å². The highest BCUT2D eigenvalue weighted by atomic mass is 79.9. The van der Waals surface area contributed by atoms with Gasteiger partial charge in [-0.2, -0.15) is 0 Å². The Labute approximate surface area is 139 Å². The van der Waals surface area contributed by atoms with Gasteiger partial charge in [-0.05, 0) is 50.9 Å². The Kier molecular flexibility index (Phi) is 4.77. The number of ether oxygens (including phenoxy) is 1. The summed E-state index contributed by atoms with van der Waals surface area (Å²) >= 11 is 9.82. The van der Waals surface area contributed by atoms with Crippen LogP contribution >= 0.6 is 47.8 Å². The van der Waals surface area contributed by atoms with Crippen molar-refractivity contribution in [2.75, 3.05) is 0 Å². The van der Waals surface area contributed by atoms with E-state index in [1.54, 1.807) is 25.3 Å². The van der Waals surface area contributed by atoms with Gasteiger partial charge in [-0.15, -0.1) is 0 Å². The molecule has 8 heteroatoms. The number of nitro groups is 1. The molecule has 20 heavy (non-hydrogen) atoms. The minimum absolute atomic E-state index is 0.117. The zero-order chi connectivity index (χ0) is 14.9. The van der Waals surface area contributed by atoms with Crippen LogP contribution < -0.4 is 4.74 Å². The van der Waals surface area contributed by atoms with E-state index < -0.39 is 4.92 Å². The third-order valence-electron chi connectivity index (χ3n) is 2.39. The average molecular weight is 467 g/mol. The number of nitrogens with zero attached hydrogens (tertiary/aromatic N) is 2. The minimum Gasteiger partial charge on any atom is -0.430 e. The molecule has 0 N–H and O–H groups in total. The van der Waals surface area contributed by atoms with E-state index in [0.717, 1.165) is 4.47 Å². The number of pyridine rings is 1. The lowest BCUT2D eigenvalue weighted by atomic mass is 10.2. The van der Waals surface area contributed by atoms with Crippen LogP contribution in [0.15, 0.2) is 37.8 Å². The Balaban J connectivity index is 2.50. The van der Waals surface area contributed by atoms with Crippen LogP contribution in [0.5, 0.6) is 11.6 Å². The van der Waals surface area contributed by atoms with E-state index in [4.69, 9.17) is 4.74 Å². The van der Waals surface area contributed by atoms with Crippen molar-refractivity contribution >= 4 is 53.5 Å². The van der Waals surface area contributed by atoms with E-state index >= 15 is 0 Å². The van der Waals surface area contributed by atoms with E-state index in [1.165, 1.54) is 6.07 Å². The lowest BCUT2D eigenvalue weighted by Crippen LogP contribution is -1.97. The normalized spacial score (nSPS) is 10.4. The predicted octanol–water partition coefficient (Wildman–Crippen LogP) is 5.38. The first kappa shape index (κ1) is 15.4. The quantitative estimate of drug-likeness (QED) is 0.450. The van der Waals surface area contributed by atoms with Crippen molar-refractivity contribution in [3.05, 3.63) is 53.5 Å². The van der Waals surface area contributed by atoms with Crippen LogP contribution in [0.4, 0.5) is 5.69 Å². The lowest BCUT2D eigenvalue weighted by Gasteiger charge is -2.10. The zero-order valence-corrected chi connectivity index (χ0v) is 14.8. The number of aromatic nitrogens is 1. The second-order valence-electron chi connectivity index (χ2n) is 3.87. The molecule has 1 aromatic heterocycles. The minimum atomic E-state index is -0.486. The van der Waals surface area contributed by atoms with Crippen molar-refractivity contribution in [2.45, 2.75) is 6.92 Å². The number of rotatable bonds is 3. The molecule has 1 heterocycles. The maximum absolute atomic E-state index is 11.1. The molecule has 0 radical (unpaired) electrons. The van der Waals surface area contributed by atoms with Crippen molar-refractivity contribution in [1.29, 1.82) is 0 Å². The molecule has 0 spiro atoms. The first-order chi connectivity index (χ1) is 9.38. The molecule has 0 atom stereocenters. The summed E-state index contributed by atoms with van der Waals surface area (Å²) in [7, 11) is 0. The molecular formula is C12H7Br3N2O3. The molecule has 104 valence electrons. The first-order valence-corrected chi connectivity index (χ1v) is 7.70. The molecular weight excluding hydrogens is 460 g/mol. The highest BCUT2D eigenvalue weighted by molar-refractivity contribution is 9.11. The summed E-state index contributed by atoms with van der Waals surface area (Å²) in [5, 5.41) is 11.1. The molecule has 1 aromatic carbocycles. The molecule has 0 unspecified atom stereocenters. The van der Waals surface area contributed by atoms with Gasteiger partial charge >= 0.3 is 5.69 Å². The molecule has 0 saturated heterocycles. The zero-order valence-electron chi connectivity index (χ0n) is 10.1. The summed E-state index contributed by atoms with van der Waals surface area (Å²) in [4.78, 5) is 14.7. The van der Waals surface area contributed by atoms with E-state index in [9.17, 15) is 10.1 Å². The van der Waals surface area contributed by atoms with Crippen LogP contribution in [0.3, 0.4) is 0 Å². The Bertz CT molecular complexity index is 692. The number of aryl methyl sites for hydroxylation is 1. The van der Waals surface area contributed by atoms with Gasteiger partial charge in [-0.1, -0.05) is 15.9 Å². The number of hydrogen-bond acceptors (Lipinski definition) is 4. The molecule has 2 aromatic rings. The molecule has 0 saturated carbocycles. The van der Waals surface area contributed by atoms with Crippen molar-refractivity contribution in [1.82, 2.24) is 4.98 Å². The van der Waals surface area contributed by atoms with Crippen molar-refractivity contribution in [2.24, 2.45) is 0 Å². The van der Waals surface area contributed by atoms with Gasteiger partial charge in [0.15, 0.2) is 0 Å². The molecule has 0 aliphatic rings. The van der Waals surface area contributed by atoms with Gasteiger partial charge in [0.05, 0.1) is 9.40 Å². The number of nitro benzene ring substituents is 1. The lowest BCUT2D eigenvalue weighted by molar-refractivity contribution is -0.385. The van der Waals surface area contributed by atoms with Gasteiger partial charge in [-0.3, -0.25) is 10.1 Å². The number of benzene rings is 1. The molecule has 0 bridgehead atoms. The monoisotopic (exact) mass is 464 g/mol. The third-order valence-corrected chi connectivity index (χ3v) is 3.85. The van der Waals surface area contributed by atoms with Crippen molar-refractivity contribution < 1.29 is 9.66 Å². The Hall–Kier alpha value is -0.990. The van der Waals surface area contributed by atoms with Gasteiger partial charge in [0.25, 0.3) is 0 Å². The molecule has 0 amide bonds. The van der Waals surface area contributed by atoms with Gasteiger partial charge < -0.3 is 4.74 Å². The summed E-state index contributed by atoms with van der Waals surface area (Å²) < 4.78 is 7.60. The van der Waals surface area contributed by atoms with Crippen LogP contribution in [-0.2, 0) is 0 Å². The van der Waals surface area contributed by atoms with Crippen LogP contribution in [-0.4, -0.2) is 9.91 Å². The van der Waals surface area contributed by atoms with Crippen LogP contribution in [0.2, 0.25) is 0 Å².